The minimum Gasteiger partial charge on any atom is -0.383 e. The van der Waals surface area contributed by atoms with Gasteiger partial charge in [0.05, 0.1) is 29.2 Å². The van der Waals surface area contributed by atoms with Crippen LogP contribution < -0.4 is 26.6 Å². The average molecular weight is 1020 g/mol. The van der Waals surface area contributed by atoms with Gasteiger partial charge in [0.15, 0.2) is 0 Å². The van der Waals surface area contributed by atoms with Gasteiger partial charge in [-0.3, -0.25) is 34.5 Å². The molecule has 0 bridgehead atoms. The van der Waals surface area contributed by atoms with Gasteiger partial charge in [0.2, 0.25) is 17.7 Å². The lowest BCUT2D eigenvalue weighted by atomic mass is 9.91. The molecule has 0 spiro atoms. The van der Waals surface area contributed by atoms with E-state index in [4.69, 9.17) is 10.7 Å². The van der Waals surface area contributed by atoms with Crippen LogP contribution in [0.4, 0.5) is 35.4 Å². The number of alkyl halides is 3. The van der Waals surface area contributed by atoms with Crippen molar-refractivity contribution in [3.05, 3.63) is 95.5 Å². The number of amides is 6. The Labute approximate surface area is 426 Å². The number of fused-ring (bicyclic) bond motifs is 1. The van der Waals surface area contributed by atoms with Crippen LogP contribution in [0.5, 0.6) is 0 Å². The van der Waals surface area contributed by atoms with Crippen LogP contribution in [0.15, 0.2) is 73.2 Å². The number of carbonyl (C=O) groups excluding carboxylic acids is 5. The lowest BCUT2D eigenvalue weighted by Crippen LogP contribution is -2.65. The molecule has 4 aliphatic rings. The van der Waals surface area contributed by atoms with Gasteiger partial charge >= 0.3 is 12.2 Å². The van der Waals surface area contributed by atoms with E-state index in [2.05, 4.69) is 52.0 Å². The van der Waals surface area contributed by atoms with Crippen LogP contribution in [0, 0.1) is 5.92 Å². The highest BCUT2D eigenvalue weighted by Gasteiger charge is 2.38. The number of allylic oxidation sites excluding steroid dienone is 1. The maximum Gasteiger partial charge on any atom is 0.416 e. The highest BCUT2D eigenvalue weighted by Crippen LogP contribution is 2.33. The zero-order valence-electron chi connectivity index (χ0n) is 41.2. The Bertz CT molecular complexity index is 2840. The summed E-state index contributed by atoms with van der Waals surface area (Å²) in [7, 11) is 0. The Hall–Kier alpha value is -7.42. The second-order valence-electron chi connectivity index (χ2n) is 19.8. The number of pyridine rings is 3. The van der Waals surface area contributed by atoms with E-state index in [1.54, 1.807) is 28.1 Å². The number of hydrogen-bond acceptors (Lipinski definition) is 12. The second kappa shape index (κ2) is 23.2. The number of nitrogen functional groups attached to an aromatic ring is 1. The molecule has 0 radical (unpaired) electrons. The molecule has 3 aliphatic heterocycles. The molecule has 6 N–H and O–H groups in total. The third kappa shape index (κ3) is 12.8. The van der Waals surface area contributed by atoms with Crippen molar-refractivity contribution < 1.29 is 37.1 Å². The predicted molar refractivity (Wildman–Crippen MR) is 273 cm³/mol. The number of rotatable bonds is 18. The maximum absolute atomic E-state index is 13.9. The number of hydrogen-bond donors (Lipinski definition) is 5. The van der Waals surface area contributed by atoms with Crippen LogP contribution in [-0.2, 0) is 27.1 Å². The monoisotopic (exact) mass is 1020 g/mol. The Balaban J connectivity index is 0.748. The summed E-state index contributed by atoms with van der Waals surface area (Å²) in [5.41, 5.74) is 9.30. The molecule has 21 heteroatoms. The van der Waals surface area contributed by atoms with Crippen LogP contribution in [0.3, 0.4) is 0 Å². The van der Waals surface area contributed by atoms with Crippen LogP contribution >= 0.6 is 0 Å². The molecule has 5 aromatic rings. The number of likely N-dealkylation sites (tertiary alicyclic amines) is 1. The third-order valence-corrected chi connectivity index (χ3v) is 14.6. The molecule has 4 aromatic heterocycles. The van der Waals surface area contributed by atoms with E-state index in [-0.39, 0.29) is 59.6 Å². The van der Waals surface area contributed by atoms with Crippen molar-refractivity contribution in [3.8, 4) is 11.3 Å². The second-order valence-corrected chi connectivity index (χ2v) is 19.8. The number of urea groups is 1. The van der Waals surface area contributed by atoms with Gasteiger partial charge < -0.3 is 31.1 Å². The summed E-state index contributed by atoms with van der Waals surface area (Å²) in [6.07, 6.45) is 13.8. The highest BCUT2D eigenvalue weighted by molar-refractivity contribution is 6.06. The van der Waals surface area contributed by atoms with Crippen molar-refractivity contribution in [1.29, 1.82) is 0 Å². The fourth-order valence-electron chi connectivity index (χ4n) is 10.3. The molecule has 0 unspecified atom stereocenters. The fourth-order valence-corrected chi connectivity index (χ4v) is 10.3. The van der Waals surface area contributed by atoms with Crippen molar-refractivity contribution in [2.45, 2.75) is 102 Å². The number of anilines is 3. The Kier molecular flexibility index (Phi) is 16.1. The molecule has 18 nitrogen and oxygen atoms in total. The van der Waals surface area contributed by atoms with Gasteiger partial charge in [-0.05, 0) is 99.8 Å². The molecule has 3 saturated heterocycles. The molecule has 4 fully saturated rings. The number of imide groups is 1. The summed E-state index contributed by atoms with van der Waals surface area (Å²) >= 11 is 0. The predicted octanol–water partition coefficient (Wildman–Crippen LogP) is 7.16. The van der Waals surface area contributed by atoms with E-state index in [1.807, 2.05) is 24.4 Å². The number of unbranched alkanes of at least 4 members (excludes halogenated alkanes) is 1. The first-order valence-corrected chi connectivity index (χ1v) is 25.6. The smallest absolute Gasteiger partial charge is 0.383 e. The van der Waals surface area contributed by atoms with Crippen LogP contribution in [0.2, 0.25) is 0 Å². The number of nitrogens with two attached hydrogens (primary N) is 1. The van der Waals surface area contributed by atoms with Crippen molar-refractivity contribution in [2.75, 3.05) is 61.8 Å². The Morgan fingerprint density at radius 3 is 2.43 bits per heavy atom. The van der Waals surface area contributed by atoms with E-state index in [0.29, 0.717) is 85.5 Å². The topological polar surface area (TPSA) is 228 Å². The number of piperidine rings is 1. The minimum absolute atomic E-state index is 0.0148. The van der Waals surface area contributed by atoms with Gasteiger partial charge in [0, 0.05) is 86.9 Å². The van der Waals surface area contributed by atoms with E-state index in [9.17, 15) is 37.1 Å². The first-order valence-electron chi connectivity index (χ1n) is 25.6. The molecule has 1 saturated carbocycles. The zero-order valence-corrected chi connectivity index (χ0v) is 41.2. The molecule has 1 aliphatic carbocycles. The van der Waals surface area contributed by atoms with Gasteiger partial charge in [-0.2, -0.15) is 18.3 Å². The van der Waals surface area contributed by atoms with Crippen molar-refractivity contribution in [1.82, 2.24) is 50.5 Å². The number of nitrogens with zero attached hydrogens (tertiary/aromatic N) is 8. The van der Waals surface area contributed by atoms with E-state index < -0.39 is 17.6 Å². The molecule has 390 valence electrons. The van der Waals surface area contributed by atoms with Gasteiger partial charge in [0.1, 0.15) is 23.0 Å². The number of H-pyrrole nitrogens is 1. The van der Waals surface area contributed by atoms with Gasteiger partial charge in [-0.25, -0.2) is 19.7 Å². The summed E-state index contributed by atoms with van der Waals surface area (Å²) in [6.45, 7) is 4.91. The SMILES string of the molecule is Nc1ncc(/C=C/CCCN(CC(=O)NC2CCCCC2)C(=O)CCC2CCN(Cc3ccc(N4CC(N5CCC(=O)NC5=O)C4)nc3)CC2)c2n[nH]c(-c3ccc(C(=O)Nc4cc(C(F)(F)F)ccn4)cc3)c12. The number of carbonyl (C=O) groups is 5. The minimum atomic E-state index is -4.58. The molecule has 9 rings (SSSR count). The normalized spacial score (nSPS) is 17.4. The number of nitrogens with one attached hydrogen (secondary N) is 4. The van der Waals surface area contributed by atoms with Crippen LogP contribution in [0.1, 0.15) is 104 Å². The summed E-state index contributed by atoms with van der Waals surface area (Å²) < 4.78 is 39.5. The van der Waals surface area contributed by atoms with Gasteiger partial charge in [0.25, 0.3) is 5.91 Å². The maximum atomic E-state index is 13.9. The summed E-state index contributed by atoms with van der Waals surface area (Å²) in [6, 6.07) is 12.1. The van der Waals surface area contributed by atoms with E-state index in [0.717, 1.165) is 94.3 Å². The summed E-state index contributed by atoms with van der Waals surface area (Å²) in [5, 5.41) is 16.2. The quantitative estimate of drug-likeness (QED) is 0.0551. The van der Waals surface area contributed by atoms with Crippen molar-refractivity contribution >= 4 is 64.1 Å². The average Bonchev–Trinajstić information content (AvgIpc) is 3.84. The van der Waals surface area contributed by atoms with Crippen molar-refractivity contribution in [2.24, 2.45) is 5.92 Å². The van der Waals surface area contributed by atoms with Gasteiger partial charge in [-0.15, -0.1) is 0 Å². The van der Waals surface area contributed by atoms with Crippen LogP contribution in [0.25, 0.3) is 28.2 Å². The number of aromatic amines is 1. The standard InChI is InChI=1S/C53H62F3N13O5/c54-53(55,56)39-18-22-58-42(27-39)62-51(73)37-14-12-36(13-15-37)48-47-49(65-64-48)38(29-60-50(47)57)7-3-2-6-23-67(33-45(71)61-40-8-4-1-5-9-40)46(72)17-11-34-19-24-66(25-20-34)30-35-10-16-43(59-28-35)68-31-41(32-68)69-26-21-44(70)63-52(69)74/h3,7,10,12-16,18,22,27-29,34,40-41H,1-2,4-6,8-9,11,17,19-21,23-26,30-33H2,(H2,57,60)(H,61,71)(H,64,65)(H,58,62,73)(H,63,70,74)/b7-3+. The van der Waals surface area contributed by atoms with Gasteiger partial charge in [-0.1, -0.05) is 49.6 Å². The third-order valence-electron chi connectivity index (χ3n) is 14.6. The molecule has 0 atom stereocenters. The molecule has 1 aromatic carbocycles. The summed E-state index contributed by atoms with van der Waals surface area (Å²) in [5.74, 6) is 0.317. The van der Waals surface area contributed by atoms with Crippen LogP contribution in [-0.4, -0.2) is 127 Å². The number of benzene rings is 1. The highest BCUT2D eigenvalue weighted by atomic mass is 19.4. The van der Waals surface area contributed by atoms with Crippen molar-refractivity contribution in [3.63, 3.8) is 0 Å². The molecule has 7 heterocycles. The van der Waals surface area contributed by atoms with E-state index in [1.165, 1.54) is 18.6 Å². The lowest BCUT2D eigenvalue weighted by molar-refractivity contribution is -0.137. The molecule has 6 amide bonds. The largest absolute Gasteiger partial charge is 0.416 e. The molecular weight excluding hydrogens is 956 g/mol. The Morgan fingerprint density at radius 1 is 0.919 bits per heavy atom. The molecule has 74 heavy (non-hydrogen) atoms. The zero-order chi connectivity index (χ0) is 51.8. The van der Waals surface area contributed by atoms with E-state index >= 15 is 0 Å². The molecular formula is C53H62F3N13O5. The Morgan fingerprint density at radius 2 is 1.70 bits per heavy atom. The number of aromatic nitrogens is 5. The number of halogens is 3. The first-order chi connectivity index (χ1) is 35.7. The lowest BCUT2D eigenvalue weighted by Gasteiger charge is -2.46. The first kappa shape index (κ1) is 51.5. The fraction of sp³-hybridized carbons (Fsp3) is 0.453. The summed E-state index contributed by atoms with van der Waals surface area (Å²) in [4.78, 5) is 84.8.